The normalized spacial score (nSPS) is 23.6. The van der Waals surface area contributed by atoms with Crippen LogP contribution in [0.5, 0.6) is 5.75 Å². The Bertz CT molecular complexity index is 420. The lowest BCUT2D eigenvalue weighted by Gasteiger charge is -2.29. The molecule has 0 spiro atoms. The summed E-state index contributed by atoms with van der Waals surface area (Å²) in [5.41, 5.74) is 0.506. The van der Waals surface area contributed by atoms with Crippen molar-refractivity contribution in [1.29, 1.82) is 0 Å². The predicted molar refractivity (Wildman–Crippen MR) is 70.6 cm³/mol. The molecule has 0 aliphatic carbocycles. The third kappa shape index (κ3) is 3.23. The summed E-state index contributed by atoms with van der Waals surface area (Å²) in [7, 11) is 0. The molecule has 18 heavy (non-hydrogen) atoms. The first-order valence-electron chi connectivity index (χ1n) is 6.45. The molecule has 1 heterocycles. The second-order valence-electron chi connectivity index (χ2n) is 4.99. The molecular formula is C14H20N2O2. The zero-order valence-electron chi connectivity index (χ0n) is 10.6. The second kappa shape index (κ2) is 5.87. The van der Waals surface area contributed by atoms with Crippen molar-refractivity contribution < 1.29 is 9.90 Å². The number of carbonyl (C=O) groups is 1. The van der Waals surface area contributed by atoms with Gasteiger partial charge in [-0.25, -0.2) is 0 Å². The number of nitrogens with one attached hydrogen (secondary N) is 2. The standard InChI is InChI=1S/C14H20N2O2/c1-10-5-6-15-8-12(10)9-16-14(18)11-3-2-4-13(17)7-11/h2-4,7,10,12,15,17H,5-6,8-9H2,1H3,(H,16,18). The number of phenolic OH excluding ortho intramolecular Hbond substituents is 1. The third-order valence-electron chi connectivity index (χ3n) is 3.62. The van der Waals surface area contributed by atoms with Crippen LogP contribution in [0.4, 0.5) is 0 Å². The third-order valence-corrected chi connectivity index (χ3v) is 3.62. The van der Waals surface area contributed by atoms with Gasteiger partial charge in [0.1, 0.15) is 5.75 Å². The van der Waals surface area contributed by atoms with Crippen LogP contribution in [0, 0.1) is 11.8 Å². The van der Waals surface area contributed by atoms with Crippen LogP contribution < -0.4 is 10.6 Å². The number of benzene rings is 1. The molecule has 4 nitrogen and oxygen atoms in total. The molecule has 1 amide bonds. The van der Waals surface area contributed by atoms with E-state index in [0.717, 1.165) is 19.5 Å². The van der Waals surface area contributed by atoms with E-state index >= 15 is 0 Å². The molecule has 0 bridgehead atoms. The van der Waals surface area contributed by atoms with Crippen LogP contribution in [0.1, 0.15) is 23.7 Å². The van der Waals surface area contributed by atoms with Crippen molar-refractivity contribution in [3.8, 4) is 5.75 Å². The van der Waals surface area contributed by atoms with E-state index in [1.807, 2.05) is 0 Å². The fraction of sp³-hybridized carbons (Fsp3) is 0.500. The van der Waals surface area contributed by atoms with Gasteiger partial charge in [-0.15, -0.1) is 0 Å². The van der Waals surface area contributed by atoms with Gasteiger partial charge in [-0.1, -0.05) is 13.0 Å². The zero-order chi connectivity index (χ0) is 13.0. The molecule has 2 unspecified atom stereocenters. The van der Waals surface area contributed by atoms with Crippen molar-refractivity contribution in [1.82, 2.24) is 10.6 Å². The monoisotopic (exact) mass is 248 g/mol. The predicted octanol–water partition coefficient (Wildman–Crippen LogP) is 1.37. The average Bonchev–Trinajstić information content (AvgIpc) is 2.37. The van der Waals surface area contributed by atoms with Gasteiger partial charge >= 0.3 is 0 Å². The highest BCUT2D eigenvalue weighted by Crippen LogP contribution is 2.17. The summed E-state index contributed by atoms with van der Waals surface area (Å²) >= 11 is 0. The highest BCUT2D eigenvalue weighted by atomic mass is 16.3. The Morgan fingerprint density at radius 2 is 2.39 bits per heavy atom. The molecule has 4 heteroatoms. The lowest BCUT2D eigenvalue weighted by atomic mass is 9.88. The molecule has 3 N–H and O–H groups in total. The minimum absolute atomic E-state index is 0.121. The van der Waals surface area contributed by atoms with Gasteiger partial charge in [0.25, 0.3) is 5.91 Å². The first-order chi connectivity index (χ1) is 8.66. The van der Waals surface area contributed by atoms with E-state index in [9.17, 15) is 9.90 Å². The van der Waals surface area contributed by atoms with Gasteiger partial charge in [-0.3, -0.25) is 4.79 Å². The van der Waals surface area contributed by atoms with Gasteiger partial charge in [-0.2, -0.15) is 0 Å². The highest BCUT2D eigenvalue weighted by molar-refractivity contribution is 5.94. The fourth-order valence-corrected chi connectivity index (χ4v) is 2.30. The number of carbonyl (C=O) groups excluding carboxylic acids is 1. The molecule has 0 radical (unpaired) electrons. The Kier molecular flexibility index (Phi) is 4.20. The van der Waals surface area contributed by atoms with Gasteiger partial charge in [0.05, 0.1) is 0 Å². The van der Waals surface area contributed by atoms with Crippen LogP contribution in [-0.2, 0) is 0 Å². The van der Waals surface area contributed by atoms with Crippen molar-refractivity contribution in [2.45, 2.75) is 13.3 Å². The molecule has 0 aromatic heterocycles. The molecule has 1 aromatic rings. The number of piperidine rings is 1. The van der Waals surface area contributed by atoms with Crippen LogP contribution in [-0.4, -0.2) is 30.6 Å². The van der Waals surface area contributed by atoms with Crippen LogP contribution >= 0.6 is 0 Å². The van der Waals surface area contributed by atoms with E-state index in [0.29, 0.717) is 23.9 Å². The molecule has 1 aliphatic heterocycles. The minimum atomic E-state index is -0.122. The lowest BCUT2D eigenvalue weighted by molar-refractivity contribution is 0.0938. The smallest absolute Gasteiger partial charge is 0.251 e. The molecule has 1 fully saturated rings. The number of hydrogen-bond acceptors (Lipinski definition) is 3. The molecule has 0 saturated carbocycles. The number of rotatable bonds is 3. The van der Waals surface area contributed by atoms with Crippen molar-refractivity contribution >= 4 is 5.91 Å². The summed E-state index contributed by atoms with van der Waals surface area (Å²) in [6.45, 7) is 4.94. The molecular weight excluding hydrogens is 228 g/mol. The van der Waals surface area contributed by atoms with Crippen molar-refractivity contribution in [2.75, 3.05) is 19.6 Å². The van der Waals surface area contributed by atoms with Gasteiger partial charge in [0.2, 0.25) is 0 Å². The van der Waals surface area contributed by atoms with Crippen LogP contribution in [0.25, 0.3) is 0 Å². The summed E-state index contributed by atoms with van der Waals surface area (Å²) in [4.78, 5) is 11.9. The topological polar surface area (TPSA) is 61.4 Å². The average molecular weight is 248 g/mol. The first-order valence-corrected chi connectivity index (χ1v) is 6.45. The van der Waals surface area contributed by atoms with E-state index in [4.69, 9.17) is 0 Å². The Labute approximate surface area is 107 Å². The van der Waals surface area contributed by atoms with E-state index in [-0.39, 0.29) is 11.7 Å². The Hall–Kier alpha value is -1.55. The van der Waals surface area contributed by atoms with Gasteiger partial charge in [0.15, 0.2) is 0 Å². The maximum absolute atomic E-state index is 11.9. The quantitative estimate of drug-likeness (QED) is 0.757. The number of phenols is 1. The minimum Gasteiger partial charge on any atom is -0.508 e. The molecule has 2 rings (SSSR count). The molecule has 98 valence electrons. The lowest BCUT2D eigenvalue weighted by Crippen LogP contribution is -2.42. The van der Waals surface area contributed by atoms with Crippen LogP contribution in [0.2, 0.25) is 0 Å². The number of amides is 1. The van der Waals surface area contributed by atoms with Crippen LogP contribution in [0.15, 0.2) is 24.3 Å². The highest BCUT2D eigenvalue weighted by Gasteiger charge is 2.21. The molecule has 1 saturated heterocycles. The largest absolute Gasteiger partial charge is 0.508 e. The number of hydrogen-bond donors (Lipinski definition) is 3. The zero-order valence-corrected chi connectivity index (χ0v) is 10.6. The van der Waals surface area contributed by atoms with E-state index in [2.05, 4.69) is 17.6 Å². The number of aromatic hydroxyl groups is 1. The Morgan fingerprint density at radius 1 is 1.56 bits per heavy atom. The van der Waals surface area contributed by atoms with Crippen molar-refractivity contribution in [3.05, 3.63) is 29.8 Å². The molecule has 2 atom stereocenters. The molecule has 1 aromatic carbocycles. The first kappa shape index (κ1) is 12.9. The maximum atomic E-state index is 11.9. The Balaban J connectivity index is 1.88. The Morgan fingerprint density at radius 3 is 3.11 bits per heavy atom. The fourth-order valence-electron chi connectivity index (χ4n) is 2.30. The van der Waals surface area contributed by atoms with Crippen molar-refractivity contribution in [3.63, 3.8) is 0 Å². The maximum Gasteiger partial charge on any atom is 0.251 e. The second-order valence-corrected chi connectivity index (χ2v) is 4.99. The molecule has 1 aliphatic rings. The summed E-state index contributed by atoms with van der Waals surface area (Å²) in [5, 5.41) is 15.6. The summed E-state index contributed by atoms with van der Waals surface area (Å²) in [5.74, 6) is 1.12. The summed E-state index contributed by atoms with van der Waals surface area (Å²) in [6, 6.07) is 6.43. The van der Waals surface area contributed by atoms with Gasteiger partial charge in [0, 0.05) is 12.1 Å². The summed E-state index contributed by atoms with van der Waals surface area (Å²) in [6.07, 6.45) is 1.16. The summed E-state index contributed by atoms with van der Waals surface area (Å²) < 4.78 is 0. The SMILES string of the molecule is CC1CCNCC1CNC(=O)c1cccc(O)c1. The van der Waals surface area contributed by atoms with Crippen molar-refractivity contribution in [2.24, 2.45) is 11.8 Å². The van der Waals surface area contributed by atoms with E-state index in [1.165, 1.54) is 6.07 Å². The van der Waals surface area contributed by atoms with Gasteiger partial charge < -0.3 is 15.7 Å². The van der Waals surface area contributed by atoms with E-state index < -0.39 is 0 Å². The van der Waals surface area contributed by atoms with Crippen LogP contribution in [0.3, 0.4) is 0 Å². The van der Waals surface area contributed by atoms with E-state index in [1.54, 1.807) is 18.2 Å². The van der Waals surface area contributed by atoms with Gasteiger partial charge in [-0.05, 0) is 49.5 Å².